The van der Waals surface area contributed by atoms with E-state index in [1.54, 1.807) is 18.2 Å². The van der Waals surface area contributed by atoms with Gasteiger partial charge in [-0.15, -0.1) is 0 Å². The van der Waals surface area contributed by atoms with Crippen molar-refractivity contribution in [2.45, 2.75) is 32.4 Å². The van der Waals surface area contributed by atoms with E-state index in [4.69, 9.17) is 4.42 Å². The summed E-state index contributed by atoms with van der Waals surface area (Å²) >= 11 is 0. The van der Waals surface area contributed by atoms with Gasteiger partial charge in [0.2, 0.25) is 0 Å². The Hall–Kier alpha value is -2.86. The van der Waals surface area contributed by atoms with Crippen LogP contribution in [0.1, 0.15) is 25.3 Å². The van der Waals surface area contributed by atoms with Crippen molar-refractivity contribution in [3.8, 4) is 5.75 Å². The number of carboxylic acids is 1. The van der Waals surface area contributed by atoms with Crippen LogP contribution in [0.2, 0.25) is 0 Å². The number of hydrogen-bond donors (Lipinski definition) is 3. The first-order valence-corrected chi connectivity index (χ1v) is 8.15. The van der Waals surface area contributed by atoms with Crippen molar-refractivity contribution in [2.24, 2.45) is 0 Å². The minimum Gasteiger partial charge on any atom is -0.507 e. The molecule has 130 valence electrons. The summed E-state index contributed by atoms with van der Waals surface area (Å²) in [6.07, 6.45) is 1.18. The first-order valence-electron chi connectivity index (χ1n) is 8.15. The number of aromatic hydroxyl groups is 1. The van der Waals surface area contributed by atoms with Crippen LogP contribution in [-0.2, 0) is 11.3 Å². The summed E-state index contributed by atoms with van der Waals surface area (Å²) in [5, 5.41) is 24.3. The largest absolute Gasteiger partial charge is 0.507 e. The Kier molecular flexibility index (Phi) is 4.72. The van der Waals surface area contributed by atoms with Gasteiger partial charge in [0.15, 0.2) is 0 Å². The maximum Gasteiger partial charge on any atom is 0.344 e. The average Bonchev–Trinajstić information content (AvgIpc) is 2.60. The van der Waals surface area contributed by atoms with Crippen molar-refractivity contribution in [1.29, 1.82) is 0 Å². The molecule has 0 fully saturated rings. The Morgan fingerprint density at radius 2 is 1.88 bits per heavy atom. The van der Waals surface area contributed by atoms with Crippen LogP contribution < -0.4 is 10.9 Å². The van der Waals surface area contributed by atoms with E-state index in [0.29, 0.717) is 29.2 Å². The lowest BCUT2D eigenvalue weighted by atomic mass is 10.0. The molecule has 0 spiro atoms. The second-order valence-electron chi connectivity index (χ2n) is 5.94. The van der Waals surface area contributed by atoms with Gasteiger partial charge in [0, 0.05) is 11.9 Å². The molecule has 6 nitrogen and oxygen atoms in total. The number of fused-ring (bicyclic) bond motifs is 3. The van der Waals surface area contributed by atoms with E-state index in [-0.39, 0.29) is 17.9 Å². The molecule has 0 aliphatic heterocycles. The molecule has 1 heterocycles. The number of phenols is 1. The fourth-order valence-corrected chi connectivity index (χ4v) is 2.99. The number of nitrogens with one attached hydrogen (secondary N) is 1. The SMILES string of the molecule is CCC[C@H](NCc1c(O)ccc2c1oc(=O)c1ccccc12)C(=O)O. The predicted molar refractivity (Wildman–Crippen MR) is 94.8 cm³/mol. The molecule has 0 unspecified atom stereocenters. The molecular formula is C19H19NO5. The molecule has 0 radical (unpaired) electrons. The molecule has 2 aromatic carbocycles. The number of aliphatic carboxylic acids is 1. The highest BCUT2D eigenvalue weighted by molar-refractivity contribution is 6.05. The van der Waals surface area contributed by atoms with Gasteiger partial charge in [-0.05, 0) is 30.0 Å². The number of carbonyl (C=O) groups is 1. The van der Waals surface area contributed by atoms with Crippen LogP contribution >= 0.6 is 0 Å². The molecule has 0 aliphatic carbocycles. The van der Waals surface area contributed by atoms with Gasteiger partial charge in [-0.25, -0.2) is 4.79 Å². The van der Waals surface area contributed by atoms with E-state index >= 15 is 0 Å². The number of hydrogen-bond acceptors (Lipinski definition) is 5. The molecule has 0 aliphatic rings. The Bertz CT molecular complexity index is 992. The van der Waals surface area contributed by atoms with Gasteiger partial charge >= 0.3 is 11.6 Å². The van der Waals surface area contributed by atoms with E-state index < -0.39 is 17.6 Å². The highest BCUT2D eigenvalue weighted by atomic mass is 16.4. The summed E-state index contributed by atoms with van der Waals surface area (Å²) < 4.78 is 5.44. The second kappa shape index (κ2) is 6.94. The molecule has 0 saturated heterocycles. The van der Waals surface area contributed by atoms with Crippen LogP contribution in [0.3, 0.4) is 0 Å². The highest BCUT2D eigenvalue weighted by Crippen LogP contribution is 2.30. The van der Waals surface area contributed by atoms with Gasteiger partial charge in [0.05, 0.1) is 10.9 Å². The minimum absolute atomic E-state index is 0.0425. The third kappa shape index (κ3) is 3.21. The Morgan fingerprint density at radius 3 is 2.56 bits per heavy atom. The summed E-state index contributed by atoms with van der Waals surface area (Å²) in [6.45, 7) is 1.99. The van der Waals surface area contributed by atoms with Gasteiger partial charge < -0.3 is 19.9 Å². The first kappa shape index (κ1) is 17.0. The first-order chi connectivity index (χ1) is 12.0. The average molecular weight is 341 g/mol. The fourth-order valence-electron chi connectivity index (χ4n) is 2.99. The molecule has 0 saturated carbocycles. The second-order valence-corrected chi connectivity index (χ2v) is 5.94. The highest BCUT2D eigenvalue weighted by Gasteiger charge is 2.19. The molecule has 1 aromatic heterocycles. The quantitative estimate of drug-likeness (QED) is 0.471. The third-order valence-corrected chi connectivity index (χ3v) is 4.27. The lowest BCUT2D eigenvalue weighted by molar-refractivity contribution is -0.139. The Morgan fingerprint density at radius 1 is 1.16 bits per heavy atom. The topological polar surface area (TPSA) is 99.8 Å². The monoisotopic (exact) mass is 341 g/mol. The standard InChI is InChI=1S/C19H19NO5/c1-2-5-15(18(22)23)20-10-14-16(21)9-8-12-11-6-3-4-7-13(11)19(24)25-17(12)14/h3-4,6-9,15,20-21H,2,5,10H2,1H3,(H,22,23)/t15-/m0/s1. The molecule has 0 amide bonds. The molecule has 3 aromatic rings. The summed E-state index contributed by atoms with van der Waals surface area (Å²) in [6, 6.07) is 9.59. The zero-order valence-corrected chi connectivity index (χ0v) is 13.8. The van der Waals surface area contributed by atoms with Crippen molar-refractivity contribution in [2.75, 3.05) is 0 Å². The van der Waals surface area contributed by atoms with Crippen molar-refractivity contribution >= 4 is 27.7 Å². The minimum atomic E-state index is -0.950. The van der Waals surface area contributed by atoms with Crippen molar-refractivity contribution in [1.82, 2.24) is 5.32 Å². The number of benzene rings is 2. The number of phenolic OH excluding ortho intramolecular Hbond substituents is 1. The van der Waals surface area contributed by atoms with E-state index in [0.717, 1.165) is 5.39 Å². The van der Waals surface area contributed by atoms with Crippen LogP contribution in [0, 0.1) is 0 Å². The van der Waals surface area contributed by atoms with Crippen LogP contribution in [0.5, 0.6) is 5.75 Å². The van der Waals surface area contributed by atoms with Crippen LogP contribution in [0.15, 0.2) is 45.6 Å². The lowest BCUT2D eigenvalue weighted by Crippen LogP contribution is -2.36. The van der Waals surface area contributed by atoms with Crippen LogP contribution in [0.25, 0.3) is 21.7 Å². The maximum atomic E-state index is 12.2. The van der Waals surface area contributed by atoms with Crippen LogP contribution in [0.4, 0.5) is 0 Å². The molecular weight excluding hydrogens is 322 g/mol. The zero-order valence-electron chi connectivity index (χ0n) is 13.8. The third-order valence-electron chi connectivity index (χ3n) is 4.27. The maximum absolute atomic E-state index is 12.2. The normalized spacial score (nSPS) is 12.5. The molecule has 3 rings (SSSR count). The smallest absolute Gasteiger partial charge is 0.344 e. The van der Waals surface area contributed by atoms with Crippen LogP contribution in [-0.4, -0.2) is 22.2 Å². The summed E-state index contributed by atoms with van der Waals surface area (Å²) in [4.78, 5) is 23.5. The van der Waals surface area contributed by atoms with Gasteiger partial charge in [0.25, 0.3) is 0 Å². The molecule has 1 atom stereocenters. The van der Waals surface area contributed by atoms with Crippen molar-refractivity contribution < 1.29 is 19.4 Å². The number of carboxylic acid groups (broad SMARTS) is 1. The zero-order chi connectivity index (χ0) is 18.0. The van der Waals surface area contributed by atoms with E-state index in [1.165, 1.54) is 6.07 Å². The van der Waals surface area contributed by atoms with Crippen molar-refractivity contribution in [3.63, 3.8) is 0 Å². The number of rotatable bonds is 6. The Balaban J connectivity index is 2.10. The fraction of sp³-hybridized carbons (Fsp3) is 0.263. The van der Waals surface area contributed by atoms with Gasteiger partial charge in [-0.3, -0.25) is 4.79 Å². The molecule has 3 N–H and O–H groups in total. The lowest BCUT2D eigenvalue weighted by Gasteiger charge is -2.15. The summed E-state index contributed by atoms with van der Waals surface area (Å²) in [7, 11) is 0. The molecule has 6 heteroatoms. The Labute approximate surface area is 143 Å². The van der Waals surface area contributed by atoms with Crippen molar-refractivity contribution in [3.05, 3.63) is 52.4 Å². The van der Waals surface area contributed by atoms with Gasteiger partial charge in [-0.2, -0.15) is 0 Å². The predicted octanol–water partition coefficient (Wildman–Crippen LogP) is 2.99. The molecule has 0 bridgehead atoms. The van der Waals surface area contributed by atoms with E-state index in [1.807, 2.05) is 19.1 Å². The molecule has 25 heavy (non-hydrogen) atoms. The summed E-state index contributed by atoms with van der Waals surface area (Å²) in [5.41, 5.74) is 0.165. The van der Waals surface area contributed by atoms with Gasteiger partial charge in [-0.1, -0.05) is 31.5 Å². The van der Waals surface area contributed by atoms with Gasteiger partial charge in [0.1, 0.15) is 17.4 Å². The van der Waals surface area contributed by atoms with E-state index in [9.17, 15) is 19.8 Å². The van der Waals surface area contributed by atoms with E-state index in [2.05, 4.69) is 5.32 Å². The summed E-state index contributed by atoms with van der Waals surface area (Å²) in [5.74, 6) is -0.993.